The molecule has 4 nitrogen and oxygen atoms in total. The molecule has 2 rings (SSSR count). The summed E-state index contributed by atoms with van der Waals surface area (Å²) in [5.74, 6) is -0.126. The van der Waals surface area contributed by atoms with Gasteiger partial charge in [-0.3, -0.25) is 4.79 Å². The number of benzene rings is 1. The Hall–Kier alpha value is -1.39. The predicted molar refractivity (Wildman–Crippen MR) is 57.1 cm³/mol. The standard InChI is InChI=1S/C11H14N2O2/c12-11(5-6-11)10(15)13-9-3-1-8(7-14)2-4-9/h1-4,14H,5-7,12H2,(H,13,15). The lowest BCUT2D eigenvalue weighted by Gasteiger charge is -2.10. The number of anilines is 1. The largest absolute Gasteiger partial charge is 0.392 e. The van der Waals surface area contributed by atoms with Gasteiger partial charge in [0.25, 0.3) is 0 Å². The van der Waals surface area contributed by atoms with Crippen LogP contribution in [0.3, 0.4) is 0 Å². The van der Waals surface area contributed by atoms with Crippen molar-refractivity contribution in [1.29, 1.82) is 0 Å². The van der Waals surface area contributed by atoms with Gasteiger partial charge in [0.2, 0.25) is 5.91 Å². The summed E-state index contributed by atoms with van der Waals surface area (Å²) in [4.78, 5) is 11.6. The van der Waals surface area contributed by atoms with Gasteiger partial charge in [-0.25, -0.2) is 0 Å². The second-order valence-electron chi connectivity index (χ2n) is 3.97. The number of aliphatic hydroxyl groups is 1. The van der Waals surface area contributed by atoms with Crippen LogP contribution in [0.5, 0.6) is 0 Å². The molecule has 1 saturated carbocycles. The first-order valence-electron chi connectivity index (χ1n) is 4.94. The maximum absolute atomic E-state index is 11.6. The van der Waals surface area contributed by atoms with Crippen LogP contribution in [-0.4, -0.2) is 16.6 Å². The Labute approximate surface area is 88.1 Å². The Morgan fingerprint density at radius 3 is 2.47 bits per heavy atom. The Kier molecular flexibility index (Phi) is 2.46. The lowest BCUT2D eigenvalue weighted by Crippen LogP contribution is -2.37. The number of carbonyl (C=O) groups excluding carboxylic acids is 1. The molecule has 0 spiro atoms. The minimum Gasteiger partial charge on any atom is -0.392 e. The van der Waals surface area contributed by atoms with Gasteiger partial charge in [-0.05, 0) is 30.5 Å². The van der Waals surface area contributed by atoms with Crippen LogP contribution in [0, 0.1) is 0 Å². The van der Waals surface area contributed by atoms with Crippen molar-refractivity contribution in [3.63, 3.8) is 0 Å². The van der Waals surface area contributed by atoms with E-state index in [9.17, 15) is 4.79 Å². The van der Waals surface area contributed by atoms with Gasteiger partial charge in [-0.2, -0.15) is 0 Å². The van der Waals surface area contributed by atoms with E-state index >= 15 is 0 Å². The van der Waals surface area contributed by atoms with Gasteiger partial charge in [-0.15, -0.1) is 0 Å². The van der Waals surface area contributed by atoms with Gasteiger partial charge < -0.3 is 16.2 Å². The van der Waals surface area contributed by atoms with Crippen LogP contribution in [-0.2, 0) is 11.4 Å². The lowest BCUT2D eigenvalue weighted by molar-refractivity contribution is -0.118. The maximum Gasteiger partial charge on any atom is 0.244 e. The third-order valence-corrected chi connectivity index (χ3v) is 2.64. The monoisotopic (exact) mass is 206 g/mol. The van der Waals surface area contributed by atoms with Crippen LogP contribution in [0.4, 0.5) is 5.69 Å². The lowest BCUT2D eigenvalue weighted by atomic mass is 10.2. The summed E-state index contributed by atoms with van der Waals surface area (Å²) in [5, 5.41) is 11.6. The van der Waals surface area contributed by atoms with Gasteiger partial charge in [-0.1, -0.05) is 12.1 Å². The molecule has 0 aliphatic heterocycles. The van der Waals surface area contributed by atoms with Gasteiger partial charge >= 0.3 is 0 Å². The highest BCUT2D eigenvalue weighted by Gasteiger charge is 2.45. The van der Waals surface area contributed by atoms with E-state index in [1.165, 1.54) is 0 Å². The molecule has 4 N–H and O–H groups in total. The summed E-state index contributed by atoms with van der Waals surface area (Å²) in [5.41, 5.74) is 6.64. The van der Waals surface area contributed by atoms with Crippen molar-refractivity contribution in [2.24, 2.45) is 5.73 Å². The molecule has 80 valence electrons. The number of aliphatic hydroxyl groups excluding tert-OH is 1. The molecule has 1 aliphatic rings. The van der Waals surface area contributed by atoms with Crippen molar-refractivity contribution >= 4 is 11.6 Å². The molecule has 1 aromatic carbocycles. The van der Waals surface area contributed by atoms with E-state index in [2.05, 4.69) is 5.32 Å². The topological polar surface area (TPSA) is 75.4 Å². The second kappa shape index (κ2) is 3.64. The maximum atomic E-state index is 11.6. The molecule has 0 unspecified atom stereocenters. The Morgan fingerprint density at radius 1 is 1.40 bits per heavy atom. The van der Waals surface area contributed by atoms with Crippen LogP contribution in [0.25, 0.3) is 0 Å². The molecule has 1 amide bonds. The number of hydrogen-bond acceptors (Lipinski definition) is 3. The molecule has 4 heteroatoms. The second-order valence-corrected chi connectivity index (χ2v) is 3.97. The van der Waals surface area contributed by atoms with Gasteiger partial charge in [0, 0.05) is 5.69 Å². The molecule has 1 fully saturated rings. The van der Waals surface area contributed by atoms with Crippen molar-refractivity contribution in [2.45, 2.75) is 25.0 Å². The highest BCUT2D eigenvalue weighted by atomic mass is 16.3. The highest BCUT2D eigenvalue weighted by Crippen LogP contribution is 2.33. The molecule has 1 aliphatic carbocycles. The first kappa shape index (κ1) is 10.1. The zero-order valence-corrected chi connectivity index (χ0v) is 8.36. The summed E-state index contributed by atoms with van der Waals surface area (Å²) in [6.45, 7) is 0.00898. The van der Waals surface area contributed by atoms with E-state index in [-0.39, 0.29) is 12.5 Å². The summed E-state index contributed by atoms with van der Waals surface area (Å²) in [6.07, 6.45) is 1.51. The fourth-order valence-corrected chi connectivity index (χ4v) is 1.31. The zero-order valence-electron chi connectivity index (χ0n) is 8.36. The molecular formula is C11H14N2O2. The normalized spacial score (nSPS) is 17.2. The van der Waals surface area contributed by atoms with Crippen molar-refractivity contribution in [3.05, 3.63) is 29.8 Å². The van der Waals surface area contributed by atoms with Crippen LogP contribution >= 0.6 is 0 Å². The van der Waals surface area contributed by atoms with E-state index in [0.717, 1.165) is 18.4 Å². The average molecular weight is 206 g/mol. The van der Waals surface area contributed by atoms with Crippen LogP contribution in [0.2, 0.25) is 0 Å². The highest BCUT2D eigenvalue weighted by molar-refractivity contribution is 6.00. The third-order valence-electron chi connectivity index (χ3n) is 2.64. The number of amides is 1. The van der Waals surface area contributed by atoms with Gasteiger partial charge in [0.05, 0.1) is 12.1 Å². The number of rotatable bonds is 3. The summed E-state index contributed by atoms with van der Waals surface area (Å²) < 4.78 is 0. The van der Waals surface area contributed by atoms with Crippen molar-refractivity contribution in [1.82, 2.24) is 0 Å². The Morgan fingerprint density at radius 2 is 2.00 bits per heavy atom. The molecule has 1 aromatic rings. The number of nitrogens with one attached hydrogen (secondary N) is 1. The fraction of sp³-hybridized carbons (Fsp3) is 0.364. The zero-order chi connectivity index (χ0) is 10.9. The minimum absolute atomic E-state index is 0.00898. The van der Waals surface area contributed by atoms with E-state index in [0.29, 0.717) is 5.69 Å². The Bertz CT molecular complexity index is 369. The molecule has 0 heterocycles. The predicted octanol–water partition coefficient (Wildman–Crippen LogP) is 0.609. The minimum atomic E-state index is -0.643. The Balaban J connectivity index is 2.01. The van der Waals surface area contributed by atoms with E-state index in [4.69, 9.17) is 10.8 Å². The van der Waals surface area contributed by atoms with Gasteiger partial charge in [0.15, 0.2) is 0 Å². The SMILES string of the molecule is NC1(C(=O)Nc2ccc(CO)cc2)CC1. The summed E-state index contributed by atoms with van der Waals surface area (Å²) >= 11 is 0. The van der Waals surface area contributed by atoms with Crippen molar-refractivity contribution in [2.75, 3.05) is 5.32 Å². The number of nitrogens with two attached hydrogens (primary N) is 1. The smallest absolute Gasteiger partial charge is 0.244 e. The molecule has 0 aromatic heterocycles. The van der Waals surface area contributed by atoms with Crippen LogP contribution in [0.15, 0.2) is 24.3 Å². The molecule has 0 atom stereocenters. The molecule has 0 saturated heterocycles. The number of hydrogen-bond donors (Lipinski definition) is 3. The van der Waals surface area contributed by atoms with Crippen molar-refractivity contribution in [3.8, 4) is 0 Å². The molecule has 0 radical (unpaired) electrons. The van der Waals surface area contributed by atoms with E-state index in [1.54, 1.807) is 24.3 Å². The van der Waals surface area contributed by atoms with E-state index < -0.39 is 5.54 Å². The van der Waals surface area contributed by atoms with Crippen LogP contribution in [0.1, 0.15) is 18.4 Å². The van der Waals surface area contributed by atoms with Crippen LogP contribution < -0.4 is 11.1 Å². The van der Waals surface area contributed by atoms with Crippen molar-refractivity contribution < 1.29 is 9.90 Å². The summed E-state index contributed by atoms with van der Waals surface area (Å²) in [7, 11) is 0. The molecule has 15 heavy (non-hydrogen) atoms. The summed E-state index contributed by atoms with van der Waals surface area (Å²) in [6, 6.07) is 7.06. The fourth-order valence-electron chi connectivity index (χ4n) is 1.31. The van der Waals surface area contributed by atoms with E-state index in [1.807, 2.05) is 0 Å². The first-order valence-corrected chi connectivity index (χ1v) is 4.94. The average Bonchev–Trinajstić information content (AvgIpc) is 2.99. The third kappa shape index (κ3) is 2.16. The van der Waals surface area contributed by atoms with Gasteiger partial charge in [0.1, 0.15) is 0 Å². The quantitative estimate of drug-likeness (QED) is 0.678. The first-order chi connectivity index (χ1) is 7.14. The number of carbonyl (C=O) groups is 1. The molecule has 0 bridgehead atoms. The molecular weight excluding hydrogens is 192 g/mol.